The van der Waals surface area contributed by atoms with Crippen molar-refractivity contribution in [2.24, 2.45) is 0 Å². The Kier molecular flexibility index (Phi) is 4.98. The molecule has 0 N–H and O–H groups in total. The number of hydrogen-bond acceptors (Lipinski definition) is 7. The first-order valence-corrected chi connectivity index (χ1v) is 9.93. The molecule has 0 radical (unpaired) electrons. The fourth-order valence-corrected chi connectivity index (χ4v) is 4.09. The molecule has 0 saturated carbocycles. The van der Waals surface area contributed by atoms with Gasteiger partial charge in [-0.25, -0.2) is 14.6 Å². The van der Waals surface area contributed by atoms with E-state index in [4.69, 9.17) is 9.61 Å². The minimum atomic E-state index is 0.0460. The summed E-state index contributed by atoms with van der Waals surface area (Å²) in [6.07, 6.45) is 2.15. The number of thiophene rings is 1. The van der Waals surface area contributed by atoms with Gasteiger partial charge in [0.1, 0.15) is 17.2 Å². The second kappa shape index (κ2) is 7.56. The van der Waals surface area contributed by atoms with Gasteiger partial charge in [-0.2, -0.15) is 0 Å². The number of piperidine rings is 1. The summed E-state index contributed by atoms with van der Waals surface area (Å²) >= 11 is 1.67. The van der Waals surface area contributed by atoms with Crippen molar-refractivity contribution in [2.75, 3.05) is 13.1 Å². The van der Waals surface area contributed by atoms with Crippen molar-refractivity contribution in [1.82, 2.24) is 25.2 Å². The van der Waals surface area contributed by atoms with E-state index in [1.165, 1.54) is 0 Å². The number of amides is 1. The monoisotopic (exact) mass is 383 g/mol. The molecule has 0 bridgehead atoms. The van der Waals surface area contributed by atoms with Gasteiger partial charge < -0.3 is 4.90 Å². The normalized spacial score (nSPS) is 17.3. The Labute approximate surface area is 161 Å². The molecule has 0 spiro atoms. The van der Waals surface area contributed by atoms with Crippen LogP contribution in [-0.2, 0) is 11.2 Å². The molecule has 140 valence electrons. The molecule has 1 atom stereocenters. The number of aryl methyl sites for hydroxylation is 2. The topological polar surface area (TPSA) is 85.0 Å². The molecular formula is C19H21N5O2S. The number of carbonyl (C=O) groups excluding carboxylic acids is 1. The minimum Gasteiger partial charge on any atom is -0.342 e. The minimum absolute atomic E-state index is 0.0460. The van der Waals surface area contributed by atoms with Crippen LogP contribution in [-0.4, -0.2) is 44.2 Å². The third-order valence-electron chi connectivity index (χ3n) is 4.85. The Bertz CT molecular complexity index is 937. The first kappa shape index (κ1) is 17.8. The Hall–Kier alpha value is -2.61. The zero-order valence-electron chi connectivity index (χ0n) is 15.4. The van der Waals surface area contributed by atoms with Crippen LogP contribution in [0.15, 0.2) is 28.2 Å². The number of hydrogen-bond donors (Lipinski definition) is 0. The van der Waals surface area contributed by atoms with E-state index in [0.717, 1.165) is 41.5 Å². The van der Waals surface area contributed by atoms with Crippen molar-refractivity contribution in [1.29, 1.82) is 0 Å². The molecule has 0 unspecified atom stereocenters. The van der Waals surface area contributed by atoms with Crippen LogP contribution in [0.3, 0.4) is 0 Å². The maximum atomic E-state index is 12.7. The van der Waals surface area contributed by atoms with Gasteiger partial charge in [0, 0.05) is 24.7 Å². The smallest absolute Gasteiger partial charge is 0.228 e. The SMILES string of the molecule is Cc1cc(-c2cccs2)nc([C@H]2CCCN(C(=O)Cc3nonc3C)C2)n1. The van der Waals surface area contributed by atoms with E-state index in [1.807, 2.05) is 29.3 Å². The first-order valence-electron chi connectivity index (χ1n) is 9.05. The van der Waals surface area contributed by atoms with Gasteiger partial charge in [-0.15, -0.1) is 11.3 Å². The summed E-state index contributed by atoms with van der Waals surface area (Å²) in [5.74, 6) is 1.03. The van der Waals surface area contributed by atoms with Gasteiger partial charge in [0.15, 0.2) is 0 Å². The summed E-state index contributed by atoms with van der Waals surface area (Å²) in [6, 6.07) is 6.11. The van der Waals surface area contributed by atoms with Crippen molar-refractivity contribution in [3.05, 3.63) is 46.5 Å². The van der Waals surface area contributed by atoms with Gasteiger partial charge in [0.05, 0.1) is 17.0 Å². The Balaban J connectivity index is 1.51. The van der Waals surface area contributed by atoms with Crippen LogP contribution < -0.4 is 0 Å². The van der Waals surface area contributed by atoms with Crippen molar-refractivity contribution in [2.45, 2.75) is 39.0 Å². The van der Waals surface area contributed by atoms with Crippen LogP contribution >= 0.6 is 11.3 Å². The van der Waals surface area contributed by atoms with E-state index in [2.05, 4.69) is 21.4 Å². The van der Waals surface area contributed by atoms with E-state index in [0.29, 0.717) is 17.9 Å². The maximum absolute atomic E-state index is 12.7. The fourth-order valence-electron chi connectivity index (χ4n) is 3.40. The molecule has 3 aromatic heterocycles. The van der Waals surface area contributed by atoms with Crippen molar-refractivity contribution in [3.8, 4) is 10.6 Å². The molecule has 0 aliphatic carbocycles. The third-order valence-corrected chi connectivity index (χ3v) is 5.74. The lowest BCUT2D eigenvalue weighted by Crippen LogP contribution is -2.40. The molecule has 0 aromatic carbocycles. The van der Waals surface area contributed by atoms with Crippen LogP contribution in [0, 0.1) is 13.8 Å². The highest BCUT2D eigenvalue weighted by molar-refractivity contribution is 7.13. The van der Waals surface area contributed by atoms with Crippen molar-refractivity contribution < 1.29 is 9.42 Å². The Morgan fingerprint density at radius 1 is 1.33 bits per heavy atom. The summed E-state index contributed by atoms with van der Waals surface area (Å²) in [7, 11) is 0. The molecule has 1 fully saturated rings. The van der Waals surface area contributed by atoms with Gasteiger partial charge in [-0.05, 0) is 44.2 Å². The van der Waals surface area contributed by atoms with Crippen LogP contribution in [0.4, 0.5) is 0 Å². The lowest BCUT2D eigenvalue weighted by atomic mass is 9.96. The van der Waals surface area contributed by atoms with E-state index in [1.54, 1.807) is 18.3 Å². The molecule has 8 heteroatoms. The lowest BCUT2D eigenvalue weighted by molar-refractivity contribution is -0.131. The van der Waals surface area contributed by atoms with Gasteiger partial charge in [0.2, 0.25) is 5.91 Å². The van der Waals surface area contributed by atoms with E-state index >= 15 is 0 Å². The molecule has 4 heterocycles. The third kappa shape index (κ3) is 3.90. The van der Waals surface area contributed by atoms with Crippen LogP contribution in [0.2, 0.25) is 0 Å². The van der Waals surface area contributed by atoms with Crippen LogP contribution in [0.5, 0.6) is 0 Å². The van der Waals surface area contributed by atoms with E-state index in [-0.39, 0.29) is 18.2 Å². The molecule has 4 rings (SSSR count). The summed E-state index contributed by atoms with van der Waals surface area (Å²) in [5.41, 5.74) is 3.19. The predicted molar refractivity (Wildman–Crippen MR) is 101 cm³/mol. The molecule has 1 aliphatic heterocycles. The summed E-state index contributed by atoms with van der Waals surface area (Å²) in [6.45, 7) is 5.18. The quantitative estimate of drug-likeness (QED) is 0.688. The molecule has 7 nitrogen and oxygen atoms in total. The number of nitrogens with zero attached hydrogens (tertiary/aromatic N) is 5. The largest absolute Gasteiger partial charge is 0.342 e. The molecular weight excluding hydrogens is 362 g/mol. The van der Waals surface area contributed by atoms with E-state index in [9.17, 15) is 4.79 Å². The van der Waals surface area contributed by atoms with Crippen LogP contribution in [0.25, 0.3) is 10.6 Å². The fraction of sp³-hybridized carbons (Fsp3) is 0.421. The predicted octanol–water partition coefficient (Wildman–Crippen LogP) is 3.15. The summed E-state index contributed by atoms with van der Waals surface area (Å²) in [4.78, 5) is 25.2. The number of carbonyl (C=O) groups is 1. The maximum Gasteiger partial charge on any atom is 0.228 e. The highest BCUT2D eigenvalue weighted by atomic mass is 32.1. The van der Waals surface area contributed by atoms with Gasteiger partial charge in [-0.1, -0.05) is 16.4 Å². The molecule has 1 amide bonds. The number of likely N-dealkylation sites (tertiary alicyclic amines) is 1. The second-order valence-electron chi connectivity index (χ2n) is 6.88. The van der Waals surface area contributed by atoms with Gasteiger partial charge in [-0.3, -0.25) is 4.79 Å². The average Bonchev–Trinajstić information content (AvgIpc) is 3.34. The Morgan fingerprint density at radius 2 is 2.22 bits per heavy atom. The van der Waals surface area contributed by atoms with Crippen molar-refractivity contribution in [3.63, 3.8) is 0 Å². The zero-order chi connectivity index (χ0) is 18.8. The van der Waals surface area contributed by atoms with Crippen molar-refractivity contribution >= 4 is 17.2 Å². The molecule has 1 aliphatic rings. The Morgan fingerprint density at radius 3 is 2.96 bits per heavy atom. The molecule has 27 heavy (non-hydrogen) atoms. The molecule has 3 aromatic rings. The highest BCUT2D eigenvalue weighted by Crippen LogP contribution is 2.29. The van der Waals surface area contributed by atoms with Crippen LogP contribution in [0.1, 0.15) is 41.7 Å². The lowest BCUT2D eigenvalue weighted by Gasteiger charge is -2.32. The summed E-state index contributed by atoms with van der Waals surface area (Å²) < 4.78 is 4.70. The number of aromatic nitrogens is 4. The first-order chi connectivity index (χ1) is 13.1. The average molecular weight is 383 g/mol. The molecule has 1 saturated heterocycles. The standard InChI is InChI=1S/C19H21N5O2S/c1-12-9-16(17-6-4-8-27-17)21-19(20-12)14-5-3-7-24(11-14)18(25)10-15-13(2)22-26-23-15/h4,6,8-9,14H,3,5,7,10-11H2,1-2H3/t14-/m0/s1. The van der Waals surface area contributed by atoms with Gasteiger partial charge in [0.25, 0.3) is 0 Å². The zero-order valence-corrected chi connectivity index (χ0v) is 16.2. The highest BCUT2D eigenvalue weighted by Gasteiger charge is 2.28. The van der Waals surface area contributed by atoms with Gasteiger partial charge >= 0.3 is 0 Å². The number of rotatable bonds is 4. The second-order valence-corrected chi connectivity index (χ2v) is 7.83. The van der Waals surface area contributed by atoms with E-state index < -0.39 is 0 Å². The summed E-state index contributed by atoms with van der Waals surface area (Å²) in [5, 5.41) is 9.62.